The Morgan fingerprint density at radius 2 is 1.82 bits per heavy atom. The van der Waals surface area contributed by atoms with Crippen LogP contribution in [0.25, 0.3) is 0 Å². The number of aliphatic imine (C=N–C) groups is 1. The van der Waals surface area contributed by atoms with Gasteiger partial charge in [0.2, 0.25) is 0 Å². The highest BCUT2D eigenvalue weighted by Gasteiger charge is 2.12. The van der Waals surface area contributed by atoms with Crippen LogP contribution in [0.5, 0.6) is 0 Å². The second-order valence-electron chi connectivity index (χ2n) is 6.75. The van der Waals surface area contributed by atoms with Crippen LogP contribution in [0.4, 0.5) is 10.2 Å². The molecule has 0 amide bonds. The Balaban J connectivity index is 0.00000280. The fourth-order valence-corrected chi connectivity index (χ4v) is 3.16. The molecule has 5 nitrogen and oxygen atoms in total. The molecule has 0 atom stereocenters. The van der Waals surface area contributed by atoms with Gasteiger partial charge in [-0.3, -0.25) is 0 Å². The smallest absolute Gasteiger partial charge is 0.191 e. The Labute approximate surface area is 183 Å². The molecule has 152 valence electrons. The first kappa shape index (κ1) is 22.4. The zero-order valence-corrected chi connectivity index (χ0v) is 18.7. The van der Waals surface area contributed by atoms with Crippen LogP contribution in [0.15, 0.2) is 47.6 Å². The number of anilines is 1. The van der Waals surface area contributed by atoms with E-state index in [1.165, 1.54) is 31.4 Å². The van der Waals surface area contributed by atoms with E-state index in [1.54, 1.807) is 12.1 Å². The third kappa shape index (κ3) is 6.92. The van der Waals surface area contributed by atoms with E-state index in [4.69, 9.17) is 0 Å². The average molecular weight is 497 g/mol. The molecule has 0 saturated carbocycles. The van der Waals surface area contributed by atoms with Crippen LogP contribution in [0.2, 0.25) is 0 Å². The Hall–Kier alpha value is -1.90. The van der Waals surface area contributed by atoms with E-state index < -0.39 is 0 Å². The molecule has 1 fully saturated rings. The molecule has 2 N–H and O–H groups in total. The van der Waals surface area contributed by atoms with Crippen molar-refractivity contribution < 1.29 is 4.39 Å². The fourth-order valence-electron chi connectivity index (χ4n) is 3.16. The molecule has 1 aliphatic heterocycles. The van der Waals surface area contributed by atoms with Gasteiger partial charge >= 0.3 is 0 Å². The lowest BCUT2D eigenvalue weighted by Crippen LogP contribution is -2.36. The SMILES string of the molecule is CCNC(=NCc1ccnc(N2CCCCC2)c1)NCc1ccc(F)cc1.I. The van der Waals surface area contributed by atoms with Gasteiger partial charge in [0.05, 0.1) is 6.54 Å². The third-order valence-electron chi connectivity index (χ3n) is 4.63. The Morgan fingerprint density at radius 3 is 2.54 bits per heavy atom. The van der Waals surface area contributed by atoms with Gasteiger partial charge in [0, 0.05) is 32.4 Å². The number of piperidine rings is 1. The molecule has 0 unspecified atom stereocenters. The molecule has 0 aliphatic carbocycles. The summed E-state index contributed by atoms with van der Waals surface area (Å²) in [7, 11) is 0. The highest BCUT2D eigenvalue weighted by Crippen LogP contribution is 2.18. The lowest BCUT2D eigenvalue weighted by atomic mass is 10.1. The molecule has 1 aromatic heterocycles. The van der Waals surface area contributed by atoms with Gasteiger partial charge in [-0.1, -0.05) is 12.1 Å². The van der Waals surface area contributed by atoms with E-state index in [2.05, 4.69) is 31.6 Å². The molecular weight excluding hydrogens is 468 g/mol. The topological polar surface area (TPSA) is 52.6 Å². The molecule has 0 radical (unpaired) electrons. The van der Waals surface area contributed by atoms with Gasteiger partial charge in [-0.05, 0) is 61.6 Å². The Kier molecular flexibility index (Phi) is 9.46. The zero-order chi connectivity index (χ0) is 18.9. The van der Waals surface area contributed by atoms with Crippen LogP contribution in [0.3, 0.4) is 0 Å². The van der Waals surface area contributed by atoms with Gasteiger partial charge in [-0.2, -0.15) is 0 Å². The third-order valence-corrected chi connectivity index (χ3v) is 4.63. The average Bonchev–Trinajstić information content (AvgIpc) is 2.72. The molecule has 1 aliphatic rings. The molecule has 1 aromatic carbocycles. The van der Waals surface area contributed by atoms with Gasteiger partial charge < -0.3 is 15.5 Å². The summed E-state index contributed by atoms with van der Waals surface area (Å²) < 4.78 is 13.0. The molecule has 0 bridgehead atoms. The largest absolute Gasteiger partial charge is 0.357 e. The minimum absolute atomic E-state index is 0. The maximum atomic E-state index is 13.0. The van der Waals surface area contributed by atoms with Crippen LogP contribution in [0.1, 0.15) is 37.3 Å². The van der Waals surface area contributed by atoms with Gasteiger partial charge in [0.1, 0.15) is 11.6 Å². The van der Waals surface area contributed by atoms with E-state index in [9.17, 15) is 4.39 Å². The second-order valence-corrected chi connectivity index (χ2v) is 6.75. The van der Waals surface area contributed by atoms with E-state index in [1.807, 2.05) is 19.2 Å². The van der Waals surface area contributed by atoms with Crippen molar-refractivity contribution in [2.45, 2.75) is 39.3 Å². The van der Waals surface area contributed by atoms with Crippen molar-refractivity contribution in [2.75, 3.05) is 24.5 Å². The summed E-state index contributed by atoms with van der Waals surface area (Å²) in [6.07, 6.45) is 5.66. The summed E-state index contributed by atoms with van der Waals surface area (Å²) in [4.78, 5) is 11.6. The van der Waals surface area contributed by atoms with Crippen molar-refractivity contribution in [3.63, 3.8) is 0 Å². The summed E-state index contributed by atoms with van der Waals surface area (Å²) in [5.41, 5.74) is 2.16. The normalized spacial score (nSPS) is 14.4. The molecular formula is C21H29FIN5. The van der Waals surface area contributed by atoms with Crippen molar-refractivity contribution in [3.8, 4) is 0 Å². The van der Waals surface area contributed by atoms with Gasteiger partial charge in [0.15, 0.2) is 5.96 Å². The summed E-state index contributed by atoms with van der Waals surface area (Å²) in [5, 5.41) is 6.55. The Bertz CT molecular complexity index is 745. The molecule has 1 saturated heterocycles. The van der Waals surface area contributed by atoms with Crippen molar-refractivity contribution in [2.24, 2.45) is 4.99 Å². The monoisotopic (exact) mass is 497 g/mol. The summed E-state index contributed by atoms with van der Waals surface area (Å²) in [6, 6.07) is 10.7. The number of hydrogen-bond donors (Lipinski definition) is 2. The predicted molar refractivity (Wildman–Crippen MR) is 124 cm³/mol. The van der Waals surface area contributed by atoms with Gasteiger partial charge in [-0.25, -0.2) is 14.4 Å². The first-order valence-electron chi connectivity index (χ1n) is 9.71. The number of halogens is 2. The van der Waals surface area contributed by atoms with Crippen LogP contribution in [-0.2, 0) is 13.1 Å². The number of nitrogens with zero attached hydrogens (tertiary/aromatic N) is 3. The summed E-state index contributed by atoms with van der Waals surface area (Å²) in [6.45, 7) is 6.17. The Morgan fingerprint density at radius 1 is 1.07 bits per heavy atom. The highest BCUT2D eigenvalue weighted by molar-refractivity contribution is 14.0. The number of aromatic nitrogens is 1. The highest BCUT2D eigenvalue weighted by atomic mass is 127. The molecule has 0 spiro atoms. The minimum atomic E-state index is -0.221. The molecule has 7 heteroatoms. The lowest BCUT2D eigenvalue weighted by molar-refractivity contribution is 0.573. The van der Waals surface area contributed by atoms with Crippen molar-refractivity contribution in [1.29, 1.82) is 0 Å². The van der Waals surface area contributed by atoms with Crippen molar-refractivity contribution in [3.05, 3.63) is 59.5 Å². The van der Waals surface area contributed by atoms with Gasteiger partial charge in [0.25, 0.3) is 0 Å². The quantitative estimate of drug-likeness (QED) is 0.359. The van der Waals surface area contributed by atoms with Crippen LogP contribution in [-0.4, -0.2) is 30.6 Å². The van der Waals surface area contributed by atoms with Crippen LogP contribution in [0, 0.1) is 5.82 Å². The maximum Gasteiger partial charge on any atom is 0.191 e. The fraction of sp³-hybridized carbons (Fsp3) is 0.429. The van der Waals surface area contributed by atoms with Crippen LogP contribution < -0.4 is 15.5 Å². The number of guanidine groups is 1. The van der Waals surface area contributed by atoms with Crippen molar-refractivity contribution >= 4 is 35.8 Å². The van der Waals surface area contributed by atoms with E-state index in [0.29, 0.717) is 13.1 Å². The molecule has 2 heterocycles. The number of pyridine rings is 1. The van der Waals surface area contributed by atoms with Crippen LogP contribution >= 0.6 is 24.0 Å². The predicted octanol–water partition coefficient (Wildman–Crippen LogP) is 4.08. The maximum absolute atomic E-state index is 13.0. The van der Waals surface area contributed by atoms with E-state index >= 15 is 0 Å². The molecule has 2 aromatic rings. The molecule has 3 rings (SSSR count). The number of benzene rings is 1. The first-order valence-corrected chi connectivity index (χ1v) is 9.71. The van der Waals surface area contributed by atoms with E-state index in [0.717, 1.165) is 42.5 Å². The van der Waals surface area contributed by atoms with E-state index in [-0.39, 0.29) is 29.8 Å². The summed E-state index contributed by atoms with van der Waals surface area (Å²) >= 11 is 0. The minimum Gasteiger partial charge on any atom is -0.357 e. The second kappa shape index (κ2) is 11.8. The van der Waals surface area contributed by atoms with Gasteiger partial charge in [-0.15, -0.1) is 24.0 Å². The standard InChI is InChI=1S/C21H28FN5.HI/c1-2-23-21(25-15-17-6-8-19(22)9-7-17)26-16-18-10-11-24-20(14-18)27-12-4-3-5-13-27;/h6-11,14H,2-5,12-13,15-16H2,1H3,(H2,23,25,26);1H. The summed E-state index contributed by atoms with van der Waals surface area (Å²) in [5.74, 6) is 1.58. The first-order chi connectivity index (χ1) is 13.2. The van der Waals surface area contributed by atoms with Crippen molar-refractivity contribution in [1.82, 2.24) is 15.6 Å². The number of rotatable bonds is 6. The number of nitrogens with one attached hydrogen (secondary N) is 2. The number of hydrogen-bond acceptors (Lipinski definition) is 3. The lowest BCUT2D eigenvalue weighted by Gasteiger charge is -2.27. The molecule has 28 heavy (non-hydrogen) atoms. The zero-order valence-electron chi connectivity index (χ0n) is 16.3.